The van der Waals surface area contributed by atoms with E-state index in [0.29, 0.717) is 5.69 Å². The summed E-state index contributed by atoms with van der Waals surface area (Å²) in [6, 6.07) is 11.9. The van der Waals surface area contributed by atoms with Crippen LogP contribution < -0.4 is 4.72 Å². The molecule has 0 saturated heterocycles. The minimum atomic E-state index is -3.72. The molecule has 0 aliphatic rings. The maximum absolute atomic E-state index is 12.3. The number of pyridine rings is 1. The Balaban J connectivity index is 2.35. The summed E-state index contributed by atoms with van der Waals surface area (Å²) >= 11 is 0. The number of anilines is 1. The number of benzene rings is 1. The maximum atomic E-state index is 12.3. The lowest BCUT2D eigenvalue weighted by atomic mass is 10.0. The first kappa shape index (κ1) is 15.0. The van der Waals surface area contributed by atoms with E-state index in [2.05, 4.69) is 9.71 Å². The van der Waals surface area contributed by atoms with Gasteiger partial charge < -0.3 is 0 Å². The number of hydrogen-bond acceptors (Lipinski definition) is 4. The van der Waals surface area contributed by atoms with Crippen molar-refractivity contribution in [3.05, 3.63) is 53.9 Å². The molecule has 0 radical (unpaired) electrons. The Morgan fingerprint density at radius 3 is 2.48 bits per heavy atom. The van der Waals surface area contributed by atoms with Crippen molar-refractivity contribution in [3.8, 4) is 6.07 Å². The maximum Gasteiger partial charge on any atom is 0.263 e. The number of nitrogens with zero attached hydrogens (tertiary/aromatic N) is 2. The van der Waals surface area contributed by atoms with Crippen LogP contribution in [0.3, 0.4) is 0 Å². The second kappa shape index (κ2) is 5.94. The summed E-state index contributed by atoms with van der Waals surface area (Å²) in [5.41, 5.74) is 1.65. The molecular formula is C15H15N3O2S. The third-order valence-corrected chi connectivity index (χ3v) is 4.34. The molecule has 1 N–H and O–H groups in total. The Labute approximate surface area is 124 Å². The molecule has 2 rings (SSSR count). The molecule has 0 aliphatic carbocycles. The van der Waals surface area contributed by atoms with Gasteiger partial charge in [-0.1, -0.05) is 32.0 Å². The van der Waals surface area contributed by atoms with E-state index in [1.165, 1.54) is 18.3 Å². The zero-order chi connectivity index (χ0) is 15.5. The Kier molecular flexibility index (Phi) is 4.24. The average molecular weight is 301 g/mol. The first-order valence-corrected chi connectivity index (χ1v) is 7.90. The van der Waals surface area contributed by atoms with E-state index in [4.69, 9.17) is 5.26 Å². The van der Waals surface area contributed by atoms with Crippen molar-refractivity contribution in [3.63, 3.8) is 0 Å². The van der Waals surface area contributed by atoms with Crippen LogP contribution in [0, 0.1) is 11.3 Å². The molecule has 0 aliphatic heterocycles. The van der Waals surface area contributed by atoms with Crippen LogP contribution in [0.25, 0.3) is 0 Å². The van der Waals surface area contributed by atoms with Gasteiger partial charge in [0.1, 0.15) is 16.7 Å². The van der Waals surface area contributed by atoms with Gasteiger partial charge in [0.15, 0.2) is 0 Å². The molecule has 1 aromatic heterocycles. The number of rotatable bonds is 4. The number of aromatic nitrogens is 1. The number of nitriles is 1. The van der Waals surface area contributed by atoms with Gasteiger partial charge in [0, 0.05) is 6.20 Å². The van der Waals surface area contributed by atoms with Crippen molar-refractivity contribution >= 4 is 15.7 Å². The van der Waals surface area contributed by atoms with Crippen molar-refractivity contribution in [1.82, 2.24) is 4.98 Å². The normalized spacial score (nSPS) is 11.1. The zero-order valence-corrected chi connectivity index (χ0v) is 12.6. The van der Waals surface area contributed by atoms with E-state index in [-0.39, 0.29) is 16.5 Å². The molecule has 6 heteroatoms. The fourth-order valence-corrected chi connectivity index (χ4v) is 2.93. The quantitative estimate of drug-likeness (QED) is 0.941. The lowest BCUT2D eigenvalue weighted by Gasteiger charge is -2.14. The largest absolute Gasteiger partial charge is 0.279 e. The second-order valence-electron chi connectivity index (χ2n) is 4.84. The summed E-state index contributed by atoms with van der Waals surface area (Å²) < 4.78 is 27.3. The van der Waals surface area contributed by atoms with Crippen LogP contribution in [-0.4, -0.2) is 13.4 Å². The smallest absolute Gasteiger partial charge is 0.263 e. The van der Waals surface area contributed by atoms with Crippen LogP contribution >= 0.6 is 0 Å². The van der Waals surface area contributed by atoms with Crippen LogP contribution in [0.1, 0.15) is 31.0 Å². The van der Waals surface area contributed by atoms with E-state index < -0.39 is 10.0 Å². The van der Waals surface area contributed by atoms with Gasteiger partial charge in [-0.15, -0.1) is 0 Å². The molecular weight excluding hydrogens is 286 g/mol. The lowest BCUT2D eigenvalue weighted by Crippen LogP contribution is -2.14. The molecule has 21 heavy (non-hydrogen) atoms. The predicted molar refractivity (Wildman–Crippen MR) is 80.3 cm³/mol. The fourth-order valence-electron chi connectivity index (χ4n) is 1.90. The second-order valence-corrected chi connectivity index (χ2v) is 6.52. The highest BCUT2D eigenvalue weighted by molar-refractivity contribution is 7.92. The SMILES string of the molecule is CC(C)c1ccccc1NS(=O)(=O)c1ccc(C#N)nc1. The third-order valence-electron chi connectivity index (χ3n) is 2.99. The Bertz CT molecular complexity index is 775. The van der Waals surface area contributed by atoms with E-state index >= 15 is 0 Å². The molecule has 1 heterocycles. The van der Waals surface area contributed by atoms with Gasteiger partial charge in [-0.2, -0.15) is 5.26 Å². The summed E-state index contributed by atoms with van der Waals surface area (Å²) in [5, 5.41) is 8.69. The highest BCUT2D eigenvalue weighted by Gasteiger charge is 2.17. The van der Waals surface area contributed by atoms with Crippen LogP contribution in [0.5, 0.6) is 0 Å². The lowest BCUT2D eigenvalue weighted by molar-refractivity contribution is 0.600. The highest BCUT2D eigenvalue weighted by Crippen LogP contribution is 2.25. The Hall–Kier alpha value is -2.39. The van der Waals surface area contributed by atoms with Gasteiger partial charge in [0.05, 0.1) is 5.69 Å². The highest BCUT2D eigenvalue weighted by atomic mass is 32.2. The Morgan fingerprint density at radius 2 is 1.90 bits per heavy atom. The van der Waals surface area contributed by atoms with E-state index in [1.54, 1.807) is 12.1 Å². The molecule has 5 nitrogen and oxygen atoms in total. The van der Waals surface area contributed by atoms with Crippen LogP contribution in [0.15, 0.2) is 47.5 Å². The van der Waals surface area contributed by atoms with Gasteiger partial charge in [0.25, 0.3) is 10.0 Å². The molecule has 1 aromatic carbocycles. The van der Waals surface area contributed by atoms with Crippen molar-refractivity contribution in [2.24, 2.45) is 0 Å². The van der Waals surface area contributed by atoms with Crippen LogP contribution in [-0.2, 0) is 10.0 Å². The molecule has 0 unspecified atom stereocenters. The third kappa shape index (κ3) is 3.38. The standard InChI is InChI=1S/C15H15N3O2S/c1-11(2)14-5-3-4-6-15(14)18-21(19,20)13-8-7-12(9-16)17-10-13/h3-8,10-11,18H,1-2H3. The number of sulfonamides is 1. The molecule has 2 aromatic rings. The van der Waals surface area contributed by atoms with Crippen molar-refractivity contribution in [2.45, 2.75) is 24.7 Å². The average Bonchev–Trinajstić information content (AvgIpc) is 2.47. The van der Waals surface area contributed by atoms with E-state index in [9.17, 15) is 8.42 Å². The van der Waals surface area contributed by atoms with Gasteiger partial charge >= 0.3 is 0 Å². The van der Waals surface area contributed by atoms with Gasteiger partial charge in [0.2, 0.25) is 0 Å². The minimum absolute atomic E-state index is 0.0278. The molecule has 0 amide bonds. The summed E-state index contributed by atoms with van der Waals surface area (Å²) in [7, 11) is -3.72. The van der Waals surface area contributed by atoms with Gasteiger partial charge in [-0.25, -0.2) is 13.4 Å². The number of nitrogens with one attached hydrogen (secondary N) is 1. The molecule has 0 bridgehead atoms. The monoisotopic (exact) mass is 301 g/mol. The van der Waals surface area contributed by atoms with Crippen LogP contribution in [0.4, 0.5) is 5.69 Å². The zero-order valence-electron chi connectivity index (χ0n) is 11.7. The van der Waals surface area contributed by atoms with Crippen LogP contribution in [0.2, 0.25) is 0 Å². The number of hydrogen-bond donors (Lipinski definition) is 1. The molecule has 0 fully saturated rings. The summed E-state index contributed by atoms with van der Waals surface area (Å²) in [6.45, 7) is 3.99. The number of para-hydroxylation sites is 1. The van der Waals surface area contributed by atoms with E-state index in [0.717, 1.165) is 5.56 Å². The summed E-state index contributed by atoms with van der Waals surface area (Å²) in [6.07, 6.45) is 1.18. The van der Waals surface area contributed by atoms with Crippen molar-refractivity contribution in [2.75, 3.05) is 4.72 Å². The molecule has 108 valence electrons. The minimum Gasteiger partial charge on any atom is -0.279 e. The van der Waals surface area contributed by atoms with Gasteiger partial charge in [-0.3, -0.25) is 4.72 Å². The van der Waals surface area contributed by atoms with E-state index in [1.807, 2.05) is 32.0 Å². The molecule has 0 saturated carbocycles. The predicted octanol–water partition coefficient (Wildman–Crippen LogP) is 2.88. The Morgan fingerprint density at radius 1 is 1.19 bits per heavy atom. The topological polar surface area (TPSA) is 82.9 Å². The molecule has 0 atom stereocenters. The van der Waals surface area contributed by atoms with Crippen molar-refractivity contribution < 1.29 is 8.42 Å². The first-order chi connectivity index (χ1) is 9.94. The van der Waals surface area contributed by atoms with Gasteiger partial charge in [-0.05, 0) is 29.7 Å². The summed E-state index contributed by atoms with van der Waals surface area (Å²) in [4.78, 5) is 3.81. The molecule has 0 spiro atoms. The fraction of sp³-hybridized carbons (Fsp3) is 0.200. The summed E-state index contributed by atoms with van der Waals surface area (Å²) in [5.74, 6) is 0.197. The first-order valence-electron chi connectivity index (χ1n) is 6.42. The van der Waals surface area contributed by atoms with Crippen molar-refractivity contribution in [1.29, 1.82) is 5.26 Å².